The predicted octanol–water partition coefficient (Wildman–Crippen LogP) is 3.63. The standard InChI is InChI=1S/C31H36FN9O5/c1-17-34-12-21(13-35-17)46-30-37-28-26(29(38-30)41-14-18-8-20(41)11-23(18)33)22-9-19(32)10-24(27(22)36-28)39(2)31(43)45-16-44-25(42)15-40-6-4-3-5-7-40/h9-10,12-13,18,20,23H,3-8,11,14-16,33H2,1-2H3,(H,36,37,38)/t18-,20-,23-/m1/s1. The van der Waals surface area contributed by atoms with Crippen molar-refractivity contribution in [1.82, 2.24) is 29.8 Å². The van der Waals surface area contributed by atoms with Crippen LogP contribution in [0.5, 0.6) is 11.8 Å². The van der Waals surface area contributed by atoms with Gasteiger partial charge in [0.15, 0.2) is 5.75 Å². The minimum Gasteiger partial charge on any atom is -0.427 e. The topological polar surface area (TPSA) is 165 Å². The Kier molecular flexibility index (Phi) is 8.02. The van der Waals surface area contributed by atoms with Crippen LogP contribution < -0.4 is 20.3 Å². The molecule has 2 aliphatic heterocycles. The molecule has 3 atom stereocenters. The molecular formula is C31H36FN9O5. The van der Waals surface area contributed by atoms with Crippen LogP contribution in [0.1, 0.15) is 37.9 Å². The third kappa shape index (κ3) is 5.87. The SMILES string of the molecule is Cc1ncc(Oc2nc(N3C[C@H]4C[C@@H]3C[C@H]4N)c3c(n2)[nH]c2c(N(C)C(=O)OCOC(=O)CN4CCCCC4)cc(F)cc23)cn1. The molecule has 5 heterocycles. The number of H-pyrrole nitrogens is 1. The number of halogens is 1. The van der Waals surface area contributed by atoms with Gasteiger partial charge in [-0.2, -0.15) is 9.97 Å². The Bertz CT molecular complexity index is 1780. The predicted molar refractivity (Wildman–Crippen MR) is 166 cm³/mol. The summed E-state index contributed by atoms with van der Waals surface area (Å²) in [5, 5.41) is 1.09. The van der Waals surface area contributed by atoms with Crippen LogP contribution in [0.2, 0.25) is 0 Å². The van der Waals surface area contributed by atoms with Gasteiger partial charge in [-0.1, -0.05) is 6.42 Å². The Morgan fingerprint density at radius 3 is 2.61 bits per heavy atom. The van der Waals surface area contributed by atoms with Crippen LogP contribution in [-0.2, 0) is 14.3 Å². The van der Waals surface area contributed by atoms with Crippen molar-refractivity contribution in [3.63, 3.8) is 0 Å². The van der Waals surface area contributed by atoms with Gasteiger partial charge in [-0.15, -0.1) is 0 Å². The highest BCUT2D eigenvalue weighted by Gasteiger charge is 2.44. The van der Waals surface area contributed by atoms with Crippen LogP contribution >= 0.6 is 0 Å². The van der Waals surface area contributed by atoms with Gasteiger partial charge in [-0.25, -0.2) is 19.2 Å². The lowest BCUT2D eigenvalue weighted by molar-refractivity contribution is -0.153. The average Bonchev–Trinajstić information content (AvgIpc) is 3.73. The number of nitrogens with one attached hydrogen (secondary N) is 1. The summed E-state index contributed by atoms with van der Waals surface area (Å²) in [5.41, 5.74) is 7.41. The molecular weight excluding hydrogens is 597 g/mol. The van der Waals surface area contributed by atoms with E-state index in [1.165, 1.54) is 31.6 Å². The molecule has 15 heteroatoms. The zero-order chi connectivity index (χ0) is 31.9. The number of carbonyl (C=O) groups excluding carboxylic acids is 2. The molecule has 3 aromatic heterocycles. The molecule has 0 unspecified atom stereocenters. The third-order valence-electron chi connectivity index (χ3n) is 9.14. The van der Waals surface area contributed by atoms with E-state index in [2.05, 4.69) is 24.8 Å². The zero-order valence-electron chi connectivity index (χ0n) is 25.7. The smallest absolute Gasteiger partial charge is 0.416 e. The number of carbonyl (C=O) groups is 2. The fourth-order valence-electron chi connectivity index (χ4n) is 6.80. The lowest BCUT2D eigenvalue weighted by Gasteiger charge is -2.31. The summed E-state index contributed by atoms with van der Waals surface area (Å²) in [6, 6.07) is 2.97. The Balaban J connectivity index is 1.18. The Labute approximate surface area is 264 Å². The van der Waals surface area contributed by atoms with E-state index in [1.54, 1.807) is 6.92 Å². The van der Waals surface area contributed by atoms with Crippen LogP contribution in [0, 0.1) is 18.7 Å². The number of aromatic amines is 1. The summed E-state index contributed by atoms with van der Waals surface area (Å²) in [6.07, 6.45) is 7.24. The number of aromatic nitrogens is 5. The maximum atomic E-state index is 15.2. The first-order chi connectivity index (χ1) is 22.2. The Morgan fingerprint density at radius 1 is 1.11 bits per heavy atom. The Morgan fingerprint density at radius 2 is 1.89 bits per heavy atom. The molecule has 0 radical (unpaired) electrons. The first kappa shape index (κ1) is 30.0. The van der Waals surface area contributed by atoms with Crippen molar-refractivity contribution in [3.8, 4) is 11.8 Å². The van der Waals surface area contributed by atoms with Crippen molar-refractivity contribution in [2.45, 2.75) is 51.1 Å². The van der Waals surface area contributed by atoms with Gasteiger partial charge in [0.1, 0.15) is 23.1 Å². The quantitative estimate of drug-likeness (QED) is 0.214. The number of ether oxygens (including phenoxy) is 3. The summed E-state index contributed by atoms with van der Waals surface area (Å²) >= 11 is 0. The maximum Gasteiger partial charge on any atom is 0.416 e. The summed E-state index contributed by atoms with van der Waals surface area (Å²) in [6.45, 7) is 3.73. The van der Waals surface area contributed by atoms with Gasteiger partial charge in [-0.05, 0) is 63.7 Å². The van der Waals surface area contributed by atoms with Crippen molar-refractivity contribution >= 4 is 45.5 Å². The molecule has 4 aromatic rings. The van der Waals surface area contributed by atoms with Crippen molar-refractivity contribution in [1.29, 1.82) is 0 Å². The van der Waals surface area contributed by atoms with Crippen molar-refractivity contribution < 1.29 is 28.2 Å². The number of hydrogen-bond acceptors (Lipinski definition) is 12. The summed E-state index contributed by atoms with van der Waals surface area (Å²) in [5.74, 6) is 0.821. The molecule has 3 fully saturated rings. The van der Waals surface area contributed by atoms with E-state index in [0.29, 0.717) is 51.8 Å². The van der Waals surface area contributed by atoms with Crippen molar-refractivity contribution in [3.05, 3.63) is 36.2 Å². The molecule has 7 rings (SSSR count). The highest BCUT2D eigenvalue weighted by atomic mass is 19.1. The van der Waals surface area contributed by atoms with Gasteiger partial charge in [0.05, 0.1) is 35.5 Å². The number of fused-ring (bicyclic) bond motifs is 5. The molecule has 1 saturated carbocycles. The van der Waals surface area contributed by atoms with Gasteiger partial charge in [-0.3, -0.25) is 14.6 Å². The van der Waals surface area contributed by atoms with Crippen LogP contribution in [0.3, 0.4) is 0 Å². The van der Waals surface area contributed by atoms with Gasteiger partial charge >= 0.3 is 18.1 Å². The molecule has 1 amide bonds. The van der Waals surface area contributed by atoms with E-state index < -0.39 is 24.7 Å². The number of amides is 1. The Hall–Kier alpha value is -4.63. The average molecular weight is 634 g/mol. The number of benzene rings is 1. The summed E-state index contributed by atoms with van der Waals surface area (Å²) < 4.78 is 31.6. The van der Waals surface area contributed by atoms with Gasteiger partial charge in [0.25, 0.3) is 0 Å². The highest BCUT2D eigenvalue weighted by molar-refractivity contribution is 6.16. The molecule has 46 heavy (non-hydrogen) atoms. The normalized spacial score (nSPS) is 21.2. The maximum absolute atomic E-state index is 15.2. The molecule has 2 saturated heterocycles. The fraction of sp³-hybridized carbons (Fsp3) is 0.484. The monoisotopic (exact) mass is 633 g/mol. The first-order valence-corrected chi connectivity index (χ1v) is 15.5. The lowest BCUT2D eigenvalue weighted by Crippen LogP contribution is -2.41. The summed E-state index contributed by atoms with van der Waals surface area (Å²) in [4.78, 5) is 51.7. The number of hydrogen-bond donors (Lipinski definition) is 2. The van der Waals surface area contributed by atoms with Gasteiger partial charge in [0.2, 0.25) is 6.79 Å². The second-order valence-corrected chi connectivity index (χ2v) is 12.2. The molecule has 0 spiro atoms. The van der Waals surface area contributed by atoms with E-state index >= 15 is 4.39 Å². The largest absolute Gasteiger partial charge is 0.427 e. The highest BCUT2D eigenvalue weighted by Crippen LogP contribution is 2.44. The van der Waals surface area contributed by atoms with Crippen molar-refractivity contribution in [2.24, 2.45) is 11.7 Å². The minimum absolute atomic E-state index is 0.0646. The fourth-order valence-corrected chi connectivity index (χ4v) is 6.80. The summed E-state index contributed by atoms with van der Waals surface area (Å²) in [7, 11) is 1.46. The van der Waals surface area contributed by atoms with Crippen LogP contribution in [0.25, 0.3) is 21.9 Å². The first-order valence-electron chi connectivity index (χ1n) is 15.5. The van der Waals surface area contributed by atoms with E-state index in [1.807, 2.05) is 4.90 Å². The van der Waals surface area contributed by atoms with Crippen LogP contribution in [0.15, 0.2) is 24.5 Å². The van der Waals surface area contributed by atoms with E-state index in [0.717, 1.165) is 50.1 Å². The molecule has 242 valence electrons. The van der Waals surface area contributed by atoms with Crippen LogP contribution in [0.4, 0.5) is 20.7 Å². The number of esters is 1. The number of aryl methyl sites for hydroxylation is 1. The van der Waals surface area contributed by atoms with Gasteiger partial charge in [0, 0.05) is 31.1 Å². The number of piperidine rings is 2. The second kappa shape index (κ2) is 12.3. The number of anilines is 2. The van der Waals surface area contributed by atoms with Crippen molar-refractivity contribution in [2.75, 3.05) is 49.8 Å². The number of likely N-dealkylation sites (tertiary alicyclic amines) is 1. The number of nitrogens with two attached hydrogens (primary N) is 1. The minimum atomic E-state index is -0.822. The molecule has 3 aliphatic rings. The molecule has 1 aliphatic carbocycles. The third-order valence-corrected chi connectivity index (χ3v) is 9.14. The molecule has 14 nitrogen and oxygen atoms in total. The van der Waals surface area contributed by atoms with E-state index in [9.17, 15) is 9.59 Å². The zero-order valence-corrected chi connectivity index (χ0v) is 25.7. The number of nitrogens with zero attached hydrogens (tertiary/aromatic N) is 7. The molecule has 3 N–H and O–H groups in total. The van der Waals surface area contributed by atoms with Gasteiger partial charge < -0.3 is 29.8 Å². The van der Waals surface area contributed by atoms with E-state index in [4.69, 9.17) is 24.9 Å². The molecule has 2 bridgehead atoms. The molecule has 1 aromatic carbocycles. The van der Waals surface area contributed by atoms with Crippen LogP contribution in [-0.4, -0.2) is 94.0 Å². The number of rotatable bonds is 8. The lowest BCUT2D eigenvalue weighted by atomic mass is 10.0. The van der Waals surface area contributed by atoms with E-state index in [-0.39, 0.29) is 30.3 Å². The second-order valence-electron chi connectivity index (χ2n) is 12.2.